The molecule has 1 saturated carbocycles. The summed E-state index contributed by atoms with van der Waals surface area (Å²) in [5.41, 5.74) is 1.19. The Balaban J connectivity index is 1.87. The second-order valence-electron chi connectivity index (χ2n) is 6.61. The zero-order chi connectivity index (χ0) is 14.4. The predicted molar refractivity (Wildman–Crippen MR) is 83.6 cm³/mol. The quantitative estimate of drug-likeness (QED) is 0.855. The van der Waals surface area contributed by atoms with Crippen LogP contribution < -0.4 is 5.32 Å². The topological polar surface area (TPSA) is 37.8 Å². The Labute approximate surface area is 123 Å². The molecular formula is C17H29N3. The molecule has 0 bridgehead atoms. The first-order valence-corrected chi connectivity index (χ1v) is 8.20. The standard InChI is InChI=1S/C17H29N3/c1-4-14-6-5-7-16(8-14)17-19-11-15(12-20-17)10-18-9-13(2)3/h11-14,16,18H,4-10H2,1-3H3. The van der Waals surface area contributed by atoms with E-state index < -0.39 is 0 Å². The first-order chi connectivity index (χ1) is 9.69. The summed E-state index contributed by atoms with van der Waals surface area (Å²) in [6, 6.07) is 0. The average Bonchev–Trinajstić information content (AvgIpc) is 2.48. The van der Waals surface area contributed by atoms with Gasteiger partial charge in [0.1, 0.15) is 5.82 Å². The molecule has 112 valence electrons. The summed E-state index contributed by atoms with van der Waals surface area (Å²) >= 11 is 0. The van der Waals surface area contributed by atoms with E-state index in [1.54, 1.807) is 0 Å². The zero-order valence-corrected chi connectivity index (χ0v) is 13.2. The molecule has 0 aliphatic heterocycles. The molecule has 0 radical (unpaired) electrons. The Bertz CT molecular complexity index is 386. The Morgan fingerprint density at radius 1 is 1.25 bits per heavy atom. The minimum absolute atomic E-state index is 0.589. The molecule has 1 aromatic rings. The number of hydrogen-bond donors (Lipinski definition) is 1. The van der Waals surface area contributed by atoms with Crippen LogP contribution in [0.5, 0.6) is 0 Å². The van der Waals surface area contributed by atoms with Crippen molar-refractivity contribution in [1.29, 1.82) is 0 Å². The SMILES string of the molecule is CCC1CCCC(c2ncc(CNCC(C)C)cn2)C1. The van der Waals surface area contributed by atoms with E-state index in [0.717, 1.165) is 24.8 Å². The summed E-state index contributed by atoms with van der Waals surface area (Å²) < 4.78 is 0. The Morgan fingerprint density at radius 2 is 2.00 bits per heavy atom. The largest absolute Gasteiger partial charge is 0.312 e. The molecule has 0 amide bonds. The van der Waals surface area contributed by atoms with Crippen molar-refractivity contribution in [2.45, 2.75) is 65.3 Å². The lowest BCUT2D eigenvalue weighted by Gasteiger charge is -2.27. The lowest BCUT2D eigenvalue weighted by Crippen LogP contribution is -2.20. The summed E-state index contributed by atoms with van der Waals surface area (Å²) in [6.07, 6.45) is 10.6. The maximum atomic E-state index is 4.62. The molecule has 2 unspecified atom stereocenters. The molecule has 3 nitrogen and oxygen atoms in total. The number of rotatable bonds is 6. The summed E-state index contributed by atoms with van der Waals surface area (Å²) in [5, 5.41) is 3.44. The van der Waals surface area contributed by atoms with Crippen LogP contribution in [0.25, 0.3) is 0 Å². The Morgan fingerprint density at radius 3 is 2.65 bits per heavy atom. The van der Waals surface area contributed by atoms with Crippen LogP contribution in [0.3, 0.4) is 0 Å². The fraction of sp³-hybridized carbons (Fsp3) is 0.765. The molecule has 2 atom stereocenters. The van der Waals surface area contributed by atoms with Gasteiger partial charge in [0.05, 0.1) is 0 Å². The van der Waals surface area contributed by atoms with Crippen molar-refractivity contribution in [3.05, 3.63) is 23.8 Å². The molecule has 3 heteroatoms. The van der Waals surface area contributed by atoms with Gasteiger partial charge in [-0.3, -0.25) is 0 Å². The van der Waals surface area contributed by atoms with Crippen molar-refractivity contribution < 1.29 is 0 Å². The van der Waals surface area contributed by atoms with Gasteiger partial charge in [-0.15, -0.1) is 0 Å². The van der Waals surface area contributed by atoms with Gasteiger partial charge in [-0.2, -0.15) is 0 Å². The second-order valence-corrected chi connectivity index (χ2v) is 6.61. The second kappa shape index (κ2) is 7.72. The normalized spacial score (nSPS) is 23.2. The van der Waals surface area contributed by atoms with Crippen LogP contribution in [0.15, 0.2) is 12.4 Å². The molecule has 1 aromatic heterocycles. The highest BCUT2D eigenvalue weighted by Crippen LogP contribution is 2.35. The Kier molecular flexibility index (Phi) is 5.96. The number of hydrogen-bond acceptors (Lipinski definition) is 3. The molecule has 1 aliphatic rings. The number of aromatic nitrogens is 2. The van der Waals surface area contributed by atoms with Crippen LogP contribution >= 0.6 is 0 Å². The van der Waals surface area contributed by atoms with Gasteiger partial charge in [0, 0.05) is 30.4 Å². The van der Waals surface area contributed by atoms with Crippen molar-refractivity contribution >= 4 is 0 Å². The molecule has 1 aliphatic carbocycles. The maximum absolute atomic E-state index is 4.62. The predicted octanol–water partition coefficient (Wildman–Crippen LogP) is 3.91. The van der Waals surface area contributed by atoms with Gasteiger partial charge in [-0.25, -0.2) is 9.97 Å². The van der Waals surface area contributed by atoms with Gasteiger partial charge in [0.15, 0.2) is 0 Å². The van der Waals surface area contributed by atoms with E-state index in [-0.39, 0.29) is 0 Å². The lowest BCUT2D eigenvalue weighted by molar-refractivity contribution is 0.307. The van der Waals surface area contributed by atoms with Crippen LogP contribution in [0.1, 0.15) is 70.2 Å². The minimum Gasteiger partial charge on any atom is -0.312 e. The fourth-order valence-electron chi connectivity index (χ4n) is 3.07. The fourth-order valence-corrected chi connectivity index (χ4v) is 3.07. The lowest BCUT2D eigenvalue weighted by atomic mass is 9.80. The third kappa shape index (κ3) is 4.55. The van der Waals surface area contributed by atoms with E-state index >= 15 is 0 Å². The molecule has 20 heavy (non-hydrogen) atoms. The van der Waals surface area contributed by atoms with Crippen LogP contribution in [-0.2, 0) is 6.54 Å². The molecule has 0 aromatic carbocycles. The molecule has 0 saturated heterocycles. The zero-order valence-electron chi connectivity index (χ0n) is 13.2. The van der Waals surface area contributed by atoms with Crippen LogP contribution in [0.2, 0.25) is 0 Å². The maximum Gasteiger partial charge on any atom is 0.131 e. The van der Waals surface area contributed by atoms with E-state index in [0.29, 0.717) is 11.8 Å². The number of nitrogens with zero attached hydrogens (tertiary/aromatic N) is 2. The molecule has 1 heterocycles. The van der Waals surface area contributed by atoms with Gasteiger partial charge in [-0.1, -0.05) is 40.0 Å². The van der Waals surface area contributed by atoms with Crippen LogP contribution in [0, 0.1) is 11.8 Å². The minimum atomic E-state index is 0.589. The van der Waals surface area contributed by atoms with Crippen LogP contribution in [-0.4, -0.2) is 16.5 Å². The van der Waals surface area contributed by atoms with Gasteiger partial charge in [0.2, 0.25) is 0 Å². The monoisotopic (exact) mass is 275 g/mol. The molecule has 0 spiro atoms. The van der Waals surface area contributed by atoms with Gasteiger partial charge >= 0.3 is 0 Å². The van der Waals surface area contributed by atoms with Gasteiger partial charge in [-0.05, 0) is 31.2 Å². The van der Waals surface area contributed by atoms with E-state index in [4.69, 9.17) is 0 Å². The highest BCUT2D eigenvalue weighted by Gasteiger charge is 2.23. The van der Waals surface area contributed by atoms with Crippen molar-refractivity contribution in [1.82, 2.24) is 15.3 Å². The highest BCUT2D eigenvalue weighted by molar-refractivity contribution is 5.08. The molecule has 1 N–H and O–H groups in total. The van der Waals surface area contributed by atoms with Crippen molar-refractivity contribution in [2.24, 2.45) is 11.8 Å². The summed E-state index contributed by atoms with van der Waals surface area (Å²) in [4.78, 5) is 9.24. The summed E-state index contributed by atoms with van der Waals surface area (Å²) in [5.74, 6) is 3.22. The first-order valence-electron chi connectivity index (χ1n) is 8.20. The number of nitrogens with one attached hydrogen (secondary N) is 1. The van der Waals surface area contributed by atoms with E-state index in [9.17, 15) is 0 Å². The molecule has 2 rings (SSSR count). The third-order valence-electron chi connectivity index (χ3n) is 4.33. The van der Waals surface area contributed by atoms with E-state index in [2.05, 4.69) is 36.1 Å². The summed E-state index contributed by atoms with van der Waals surface area (Å²) in [6.45, 7) is 8.67. The molecular weight excluding hydrogens is 246 g/mol. The van der Waals surface area contributed by atoms with Gasteiger partial charge < -0.3 is 5.32 Å². The van der Waals surface area contributed by atoms with Gasteiger partial charge in [0.25, 0.3) is 0 Å². The smallest absolute Gasteiger partial charge is 0.131 e. The third-order valence-corrected chi connectivity index (χ3v) is 4.33. The van der Waals surface area contributed by atoms with Crippen molar-refractivity contribution in [3.63, 3.8) is 0 Å². The van der Waals surface area contributed by atoms with Crippen molar-refractivity contribution in [3.8, 4) is 0 Å². The van der Waals surface area contributed by atoms with Crippen LogP contribution in [0.4, 0.5) is 0 Å². The molecule has 1 fully saturated rings. The Hall–Kier alpha value is -0.960. The first kappa shape index (κ1) is 15.4. The van der Waals surface area contributed by atoms with E-state index in [1.807, 2.05) is 12.4 Å². The highest BCUT2D eigenvalue weighted by atomic mass is 14.9. The van der Waals surface area contributed by atoms with Crippen molar-refractivity contribution in [2.75, 3.05) is 6.54 Å². The van der Waals surface area contributed by atoms with E-state index in [1.165, 1.54) is 37.7 Å². The summed E-state index contributed by atoms with van der Waals surface area (Å²) in [7, 11) is 0. The average molecular weight is 275 g/mol.